The molecule has 1 amide bonds. The van der Waals surface area contributed by atoms with Crippen LogP contribution in [0.5, 0.6) is 5.75 Å². The minimum Gasteiger partial charge on any atom is -0.464 e. The average molecular weight is 418 g/mol. The zero-order chi connectivity index (χ0) is 19.5. The molecule has 0 aliphatic carbocycles. The van der Waals surface area contributed by atoms with Gasteiger partial charge < -0.3 is 9.84 Å². The molecule has 0 aliphatic heterocycles. The SMILES string of the molecule is CC(=O)Oc1ccccc1CN(C(=O)O)S(=O)(=O)c1c(Cl)cccc1Cl. The van der Waals surface area contributed by atoms with Gasteiger partial charge in [-0.3, -0.25) is 4.79 Å². The second kappa shape index (κ2) is 7.94. The molecule has 0 aromatic heterocycles. The number of carbonyl (C=O) groups excluding carboxylic acids is 1. The smallest absolute Gasteiger partial charge is 0.421 e. The molecule has 0 spiro atoms. The van der Waals surface area contributed by atoms with Gasteiger partial charge in [-0.25, -0.2) is 13.2 Å². The molecule has 1 N–H and O–H groups in total. The molecule has 0 saturated carbocycles. The number of carbonyl (C=O) groups is 2. The van der Waals surface area contributed by atoms with E-state index in [1.807, 2.05) is 0 Å². The Bertz CT molecular complexity index is 941. The fourth-order valence-electron chi connectivity index (χ4n) is 2.14. The van der Waals surface area contributed by atoms with Gasteiger partial charge in [-0.2, -0.15) is 4.31 Å². The number of ether oxygens (including phenoxy) is 1. The Morgan fingerprint density at radius 3 is 2.19 bits per heavy atom. The Hall–Kier alpha value is -2.29. The molecule has 2 aromatic rings. The molecule has 0 atom stereocenters. The van der Waals surface area contributed by atoms with Gasteiger partial charge in [0.05, 0.1) is 16.6 Å². The predicted octanol–water partition coefficient (Wildman–Crippen LogP) is 3.79. The second-order valence-electron chi connectivity index (χ2n) is 5.05. The van der Waals surface area contributed by atoms with Crippen LogP contribution in [0.2, 0.25) is 10.0 Å². The van der Waals surface area contributed by atoms with Crippen LogP contribution < -0.4 is 4.74 Å². The topological polar surface area (TPSA) is 101 Å². The molecule has 7 nitrogen and oxygen atoms in total. The monoisotopic (exact) mass is 417 g/mol. The highest BCUT2D eigenvalue weighted by atomic mass is 35.5. The second-order valence-corrected chi connectivity index (χ2v) is 7.66. The van der Waals surface area contributed by atoms with Gasteiger partial charge >= 0.3 is 12.1 Å². The molecule has 0 heterocycles. The van der Waals surface area contributed by atoms with Gasteiger partial charge in [0.2, 0.25) is 0 Å². The van der Waals surface area contributed by atoms with E-state index < -0.39 is 33.5 Å². The molecule has 2 rings (SSSR count). The molecule has 0 radical (unpaired) electrons. The summed E-state index contributed by atoms with van der Waals surface area (Å²) in [5.74, 6) is -0.581. The van der Waals surface area contributed by atoms with Crippen LogP contribution in [0.15, 0.2) is 47.4 Å². The van der Waals surface area contributed by atoms with Crippen molar-refractivity contribution in [3.05, 3.63) is 58.1 Å². The van der Waals surface area contributed by atoms with E-state index in [9.17, 15) is 23.1 Å². The van der Waals surface area contributed by atoms with Gasteiger partial charge in [-0.1, -0.05) is 47.5 Å². The van der Waals surface area contributed by atoms with Crippen LogP contribution in [-0.2, 0) is 21.4 Å². The van der Waals surface area contributed by atoms with E-state index >= 15 is 0 Å². The lowest BCUT2D eigenvalue weighted by molar-refractivity contribution is -0.131. The number of amides is 1. The number of hydrogen-bond donors (Lipinski definition) is 1. The number of benzene rings is 2. The molecular formula is C16H13Cl2NO6S. The fraction of sp³-hybridized carbons (Fsp3) is 0.125. The van der Waals surface area contributed by atoms with Crippen molar-refractivity contribution >= 4 is 45.3 Å². The third-order valence-corrected chi connectivity index (χ3v) is 5.90. The Kier molecular flexibility index (Phi) is 6.12. The maximum Gasteiger partial charge on any atom is 0.421 e. The van der Waals surface area contributed by atoms with E-state index in [1.54, 1.807) is 12.1 Å². The van der Waals surface area contributed by atoms with Gasteiger partial charge in [0, 0.05) is 12.5 Å². The van der Waals surface area contributed by atoms with E-state index in [1.165, 1.54) is 37.3 Å². The van der Waals surface area contributed by atoms with Crippen molar-refractivity contribution in [1.82, 2.24) is 4.31 Å². The van der Waals surface area contributed by atoms with E-state index in [0.717, 1.165) is 0 Å². The third kappa shape index (κ3) is 4.27. The summed E-state index contributed by atoms with van der Waals surface area (Å²) < 4.78 is 30.8. The van der Waals surface area contributed by atoms with E-state index in [-0.39, 0.29) is 25.7 Å². The Labute approximate surface area is 159 Å². The van der Waals surface area contributed by atoms with Crippen molar-refractivity contribution in [3.63, 3.8) is 0 Å². The van der Waals surface area contributed by atoms with Gasteiger partial charge in [0.25, 0.3) is 10.0 Å². The maximum absolute atomic E-state index is 12.8. The summed E-state index contributed by atoms with van der Waals surface area (Å²) in [6.45, 7) is 0.578. The number of hydrogen-bond acceptors (Lipinski definition) is 5. The molecule has 138 valence electrons. The molecular weight excluding hydrogens is 405 g/mol. The van der Waals surface area contributed by atoms with Crippen molar-refractivity contribution < 1.29 is 27.9 Å². The highest BCUT2D eigenvalue weighted by Crippen LogP contribution is 2.33. The van der Waals surface area contributed by atoms with Gasteiger partial charge in [-0.05, 0) is 18.2 Å². The third-order valence-electron chi connectivity index (χ3n) is 3.22. The van der Waals surface area contributed by atoms with Crippen LogP contribution in [0, 0.1) is 0 Å². The number of sulfonamides is 1. The van der Waals surface area contributed by atoms with Crippen molar-refractivity contribution in [2.45, 2.75) is 18.4 Å². The van der Waals surface area contributed by atoms with Gasteiger partial charge in [0.15, 0.2) is 0 Å². The molecule has 0 bridgehead atoms. The van der Waals surface area contributed by atoms with Gasteiger partial charge in [-0.15, -0.1) is 0 Å². The number of para-hydroxylation sites is 1. The molecule has 0 saturated heterocycles. The normalized spacial score (nSPS) is 11.0. The first kappa shape index (κ1) is 20.0. The van der Waals surface area contributed by atoms with Gasteiger partial charge in [0.1, 0.15) is 10.6 Å². The van der Waals surface area contributed by atoms with Crippen LogP contribution >= 0.6 is 23.2 Å². The van der Waals surface area contributed by atoms with E-state index in [2.05, 4.69) is 0 Å². The highest BCUT2D eigenvalue weighted by Gasteiger charge is 2.33. The average Bonchev–Trinajstić information content (AvgIpc) is 2.52. The van der Waals surface area contributed by atoms with Crippen molar-refractivity contribution in [3.8, 4) is 5.75 Å². The summed E-state index contributed by atoms with van der Waals surface area (Å²) in [4.78, 5) is 22.3. The fourth-order valence-corrected chi connectivity index (χ4v) is 4.48. The number of nitrogens with zero attached hydrogens (tertiary/aromatic N) is 1. The summed E-state index contributed by atoms with van der Waals surface area (Å²) in [5, 5.41) is 9.02. The largest absolute Gasteiger partial charge is 0.464 e. The lowest BCUT2D eigenvalue weighted by Gasteiger charge is -2.21. The summed E-state index contributed by atoms with van der Waals surface area (Å²) in [6, 6.07) is 9.98. The van der Waals surface area contributed by atoms with Crippen molar-refractivity contribution in [2.24, 2.45) is 0 Å². The Balaban J connectivity index is 2.51. The van der Waals surface area contributed by atoms with Crippen LogP contribution in [0.1, 0.15) is 12.5 Å². The zero-order valence-corrected chi connectivity index (χ0v) is 15.7. The van der Waals surface area contributed by atoms with Crippen molar-refractivity contribution in [1.29, 1.82) is 0 Å². The molecule has 0 fully saturated rings. The summed E-state index contributed by atoms with van der Waals surface area (Å²) >= 11 is 11.8. The zero-order valence-electron chi connectivity index (χ0n) is 13.3. The number of halogens is 2. The summed E-state index contributed by atoms with van der Waals surface area (Å²) in [5.41, 5.74) is 0.178. The first-order chi connectivity index (χ1) is 12.1. The predicted molar refractivity (Wildman–Crippen MR) is 95.0 cm³/mol. The summed E-state index contributed by atoms with van der Waals surface area (Å²) in [7, 11) is -4.58. The molecule has 10 heteroatoms. The van der Waals surface area contributed by atoms with Crippen LogP contribution in [-0.4, -0.2) is 29.9 Å². The molecule has 2 aromatic carbocycles. The standard InChI is InChI=1S/C16H13Cl2NO6S/c1-10(20)25-14-8-3-2-5-11(14)9-19(16(21)22)26(23,24)15-12(17)6-4-7-13(15)18/h2-8H,9H2,1H3,(H,21,22). The highest BCUT2D eigenvalue weighted by molar-refractivity contribution is 7.89. The summed E-state index contributed by atoms with van der Waals surface area (Å²) in [6.07, 6.45) is -1.74. The number of carboxylic acid groups (broad SMARTS) is 1. The van der Waals surface area contributed by atoms with Crippen LogP contribution in [0.3, 0.4) is 0 Å². The minimum absolute atomic E-state index is 0.0479. The molecule has 0 unspecified atom stereocenters. The van der Waals surface area contributed by atoms with Crippen LogP contribution in [0.25, 0.3) is 0 Å². The van der Waals surface area contributed by atoms with E-state index in [4.69, 9.17) is 27.9 Å². The first-order valence-electron chi connectivity index (χ1n) is 7.10. The minimum atomic E-state index is -4.58. The van der Waals surface area contributed by atoms with Crippen molar-refractivity contribution in [2.75, 3.05) is 0 Å². The number of esters is 1. The molecule has 0 aliphatic rings. The maximum atomic E-state index is 12.8. The molecule has 26 heavy (non-hydrogen) atoms. The lowest BCUT2D eigenvalue weighted by atomic mass is 10.2. The van der Waals surface area contributed by atoms with E-state index in [0.29, 0.717) is 0 Å². The quantitative estimate of drug-likeness (QED) is 0.586. The number of rotatable bonds is 5. The Morgan fingerprint density at radius 1 is 1.08 bits per heavy atom. The Morgan fingerprint density at radius 2 is 1.65 bits per heavy atom. The first-order valence-corrected chi connectivity index (χ1v) is 9.30. The lowest BCUT2D eigenvalue weighted by Crippen LogP contribution is -2.35. The van der Waals surface area contributed by atoms with Crippen LogP contribution in [0.4, 0.5) is 4.79 Å².